The quantitative estimate of drug-likeness (QED) is 0.708. The number of aryl methyl sites for hydroxylation is 1. The van der Waals surface area contributed by atoms with Crippen LogP contribution < -0.4 is 4.90 Å². The molecule has 0 spiro atoms. The summed E-state index contributed by atoms with van der Waals surface area (Å²) in [6.07, 6.45) is 0. The van der Waals surface area contributed by atoms with Crippen molar-refractivity contribution in [2.75, 3.05) is 31.1 Å². The number of para-hydroxylation sites is 1. The molecule has 5 nitrogen and oxygen atoms in total. The van der Waals surface area contributed by atoms with Gasteiger partial charge in [-0.15, -0.1) is 11.3 Å². The average molecular weight is 374 g/mol. The number of nitrogens with zero attached hydrogens (tertiary/aromatic N) is 3. The van der Waals surface area contributed by atoms with Crippen molar-refractivity contribution >= 4 is 38.1 Å². The van der Waals surface area contributed by atoms with Gasteiger partial charge in [0.05, 0.1) is 5.52 Å². The number of sulfonamides is 1. The zero-order chi connectivity index (χ0) is 17.4. The van der Waals surface area contributed by atoms with Gasteiger partial charge in [0.2, 0.25) is 0 Å². The van der Waals surface area contributed by atoms with Crippen molar-refractivity contribution in [1.82, 2.24) is 9.29 Å². The molecule has 1 aliphatic rings. The number of pyridine rings is 1. The molecule has 3 heterocycles. The highest BCUT2D eigenvalue weighted by Gasteiger charge is 2.29. The molecule has 0 aliphatic carbocycles. The Morgan fingerprint density at radius 1 is 1.04 bits per heavy atom. The highest BCUT2D eigenvalue weighted by Crippen LogP contribution is 2.25. The number of anilines is 1. The fraction of sp³-hybridized carbons (Fsp3) is 0.278. The van der Waals surface area contributed by atoms with Gasteiger partial charge in [0, 0.05) is 31.6 Å². The maximum Gasteiger partial charge on any atom is 0.252 e. The molecule has 0 N–H and O–H groups in total. The molecule has 0 bridgehead atoms. The van der Waals surface area contributed by atoms with Gasteiger partial charge in [-0.3, -0.25) is 0 Å². The van der Waals surface area contributed by atoms with Gasteiger partial charge in [-0.05, 0) is 36.1 Å². The van der Waals surface area contributed by atoms with Gasteiger partial charge in [0.1, 0.15) is 10.0 Å². The molecule has 3 aromatic rings. The van der Waals surface area contributed by atoms with Crippen molar-refractivity contribution in [2.45, 2.75) is 11.1 Å². The fourth-order valence-electron chi connectivity index (χ4n) is 3.19. The molecule has 7 heteroatoms. The minimum atomic E-state index is -3.36. The molecule has 0 unspecified atom stereocenters. The van der Waals surface area contributed by atoms with Crippen LogP contribution in [-0.4, -0.2) is 43.9 Å². The lowest BCUT2D eigenvalue weighted by Gasteiger charge is -2.34. The lowest BCUT2D eigenvalue weighted by molar-refractivity contribution is 0.385. The predicted molar refractivity (Wildman–Crippen MR) is 102 cm³/mol. The topological polar surface area (TPSA) is 53.5 Å². The molecule has 0 saturated carbocycles. The first-order chi connectivity index (χ1) is 12.1. The first kappa shape index (κ1) is 16.5. The fourth-order valence-corrected chi connectivity index (χ4v) is 5.76. The lowest BCUT2D eigenvalue weighted by Crippen LogP contribution is -2.48. The van der Waals surface area contributed by atoms with Crippen molar-refractivity contribution in [2.24, 2.45) is 0 Å². The summed E-state index contributed by atoms with van der Waals surface area (Å²) in [7, 11) is -3.36. The minimum Gasteiger partial charge on any atom is -0.354 e. The smallest absolute Gasteiger partial charge is 0.252 e. The second kappa shape index (κ2) is 6.40. The van der Waals surface area contributed by atoms with Gasteiger partial charge < -0.3 is 4.90 Å². The summed E-state index contributed by atoms with van der Waals surface area (Å²) >= 11 is 1.27. The maximum atomic E-state index is 12.6. The number of hydrogen-bond donors (Lipinski definition) is 0. The summed E-state index contributed by atoms with van der Waals surface area (Å²) in [6, 6.07) is 13.6. The minimum absolute atomic E-state index is 0.417. The van der Waals surface area contributed by atoms with Crippen LogP contribution in [0.5, 0.6) is 0 Å². The Balaban J connectivity index is 1.54. The number of hydrogen-bond acceptors (Lipinski definition) is 5. The van der Waals surface area contributed by atoms with E-state index in [0.717, 1.165) is 16.7 Å². The summed E-state index contributed by atoms with van der Waals surface area (Å²) in [5.41, 5.74) is 2.17. The molecule has 1 aliphatic heterocycles. The van der Waals surface area contributed by atoms with E-state index in [0.29, 0.717) is 30.4 Å². The van der Waals surface area contributed by atoms with Crippen LogP contribution in [0.2, 0.25) is 0 Å². The van der Waals surface area contributed by atoms with E-state index >= 15 is 0 Å². The van der Waals surface area contributed by atoms with Crippen molar-refractivity contribution in [1.29, 1.82) is 0 Å². The third-order valence-corrected chi connectivity index (χ3v) is 7.83. The molecular weight excluding hydrogens is 354 g/mol. The van der Waals surface area contributed by atoms with Gasteiger partial charge in [0.15, 0.2) is 0 Å². The second-order valence-corrected chi connectivity index (χ2v) is 9.25. The number of aromatic nitrogens is 1. The molecule has 1 saturated heterocycles. The van der Waals surface area contributed by atoms with Crippen LogP contribution in [0, 0.1) is 6.92 Å². The Morgan fingerprint density at radius 2 is 1.80 bits per heavy atom. The summed E-state index contributed by atoms with van der Waals surface area (Å²) in [6.45, 7) is 4.34. The van der Waals surface area contributed by atoms with Crippen LogP contribution in [0.15, 0.2) is 52.1 Å². The largest absolute Gasteiger partial charge is 0.354 e. The zero-order valence-corrected chi connectivity index (χ0v) is 15.6. The molecule has 0 amide bonds. The number of thiophene rings is 1. The van der Waals surface area contributed by atoms with E-state index in [9.17, 15) is 8.42 Å². The summed E-state index contributed by atoms with van der Waals surface area (Å²) in [5, 5.41) is 2.95. The van der Waals surface area contributed by atoms with Crippen molar-refractivity contribution in [3.63, 3.8) is 0 Å². The number of piperazine rings is 1. The standard InChI is InChI=1S/C18H19N3O2S2/c1-14-13-17(19-16-6-3-2-5-15(14)16)20-8-10-21(11-9-20)25(22,23)18-7-4-12-24-18/h2-7,12-13H,8-11H2,1H3. The van der Waals surface area contributed by atoms with E-state index in [2.05, 4.69) is 24.0 Å². The van der Waals surface area contributed by atoms with Gasteiger partial charge in [0.25, 0.3) is 10.0 Å². The normalized spacial score (nSPS) is 16.4. The van der Waals surface area contributed by atoms with E-state index < -0.39 is 10.0 Å². The van der Waals surface area contributed by atoms with E-state index in [1.54, 1.807) is 21.8 Å². The van der Waals surface area contributed by atoms with Gasteiger partial charge in [-0.2, -0.15) is 4.31 Å². The Bertz CT molecular complexity index is 992. The Morgan fingerprint density at radius 3 is 2.52 bits per heavy atom. The molecule has 1 fully saturated rings. The predicted octanol–water partition coefficient (Wildman–Crippen LogP) is 3.12. The number of rotatable bonds is 3. The van der Waals surface area contributed by atoms with Crippen molar-refractivity contribution in [3.05, 3.63) is 53.4 Å². The number of benzene rings is 1. The summed E-state index contributed by atoms with van der Waals surface area (Å²) in [5.74, 6) is 0.921. The number of fused-ring (bicyclic) bond motifs is 1. The van der Waals surface area contributed by atoms with Gasteiger partial charge in [-0.1, -0.05) is 24.3 Å². The maximum absolute atomic E-state index is 12.6. The van der Waals surface area contributed by atoms with Crippen LogP contribution in [-0.2, 0) is 10.0 Å². The zero-order valence-electron chi connectivity index (χ0n) is 13.9. The van der Waals surface area contributed by atoms with Crippen LogP contribution >= 0.6 is 11.3 Å². The van der Waals surface area contributed by atoms with Crippen LogP contribution in [0.25, 0.3) is 10.9 Å². The molecule has 0 radical (unpaired) electrons. The van der Waals surface area contributed by atoms with E-state index in [1.165, 1.54) is 16.9 Å². The highest BCUT2D eigenvalue weighted by molar-refractivity contribution is 7.91. The first-order valence-corrected chi connectivity index (χ1v) is 10.5. The van der Waals surface area contributed by atoms with E-state index in [1.807, 2.05) is 18.2 Å². The van der Waals surface area contributed by atoms with Gasteiger partial charge >= 0.3 is 0 Å². The monoisotopic (exact) mass is 373 g/mol. The molecule has 0 atom stereocenters. The second-order valence-electron chi connectivity index (χ2n) is 6.14. The van der Waals surface area contributed by atoms with E-state index in [4.69, 9.17) is 4.98 Å². The summed E-state index contributed by atoms with van der Waals surface area (Å²) in [4.78, 5) is 6.92. The Hall–Kier alpha value is -1.96. The Kier molecular flexibility index (Phi) is 4.23. The molecule has 25 heavy (non-hydrogen) atoms. The third-order valence-electron chi connectivity index (χ3n) is 4.56. The molecule has 4 rings (SSSR count). The molecule has 1 aromatic carbocycles. The molecule has 130 valence electrons. The average Bonchev–Trinajstić information content (AvgIpc) is 3.17. The lowest BCUT2D eigenvalue weighted by atomic mass is 10.1. The summed E-state index contributed by atoms with van der Waals surface area (Å²) < 4.78 is 27.2. The van der Waals surface area contributed by atoms with Crippen LogP contribution in [0.4, 0.5) is 5.82 Å². The molecule has 2 aromatic heterocycles. The van der Waals surface area contributed by atoms with Crippen LogP contribution in [0.1, 0.15) is 5.56 Å². The van der Waals surface area contributed by atoms with Gasteiger partial charge in [-0.25, -0.2) is 13.4 Å². The van der Waals surface area contributed by atoms with Crippen molar-refractivity contribution < 1.29 is 8.42 Å². The highest BCUT2D eigenvalue weighted by atomic mass is 32.2. The third kappa shape index (κ3) is 3.03. The first-order valence-electron chi connectivity index (χ1n) is 8.21. The Labute approximate surface area is 151 Å². The molecular formula is C18H19N3O2S2. The van der Waals surface area contributed by atoms with E-state index in [-0.39, 0.29) is 0 Å². The SMILES string of the molecule is Cc1cc(N2CCN(S(=O)(=O)c3cccs3)CC2)nc2ccccc12. The van der Waals surface area contributed by atoms with Crippen molar-refractivity contribution in [3.8, 4) is 0 Å². The van der Waals surface area contributed by atoms with Crippen LogP contribution in [0.3, 0.4) is 0 Å².